The summed E-state index contributed by atoms with van der Waals surface area (Å²) < 4.78 is 0. The van der Waals surface area contributed by atoms with Crippen LogP contribution in [0.2, 0.25) is 0 Å². The van der Waals surface area contributed by atoms with Crippen LogP contribution >= 0.6 is 0 Å². The Kier molecular flexibility index (Phi) is 1.88. The largest absolute Gasteiger partial charge is 0.357 e. The third-order valence-corrected chi connectivity index (χ3v) is 2.30. The Balaban J connectivity index is 2.62. The van der Waals surface area contributed by atoms with E-state index in [-0.39, 0.29) is 0 Å². The van der Waals surface area contributed by atoms with Gasteiger partial charge in [0.05, 0.1) is 5.82 Å². The Bertz CT molecular complexity index is 142. The highest BCUT2D eigenvalue weighted by Crippen LogP contribution is 2.18. The van der Waals surface area contributed by atoms with E-state index in [1.165, 1.54) is 0 Å². The second-order valence-electron chi connectivity index (χ2n) is 2.91. The van der Waals surface area contributed by atoms with Crippen LogP contribution in [0, 0.1) is 0 Å². The Morgan fingerprint density at radius 3 is 2.50 bits per heavy atom. The first-order valence-electron chi connectivity index (χ1n) is 3.83. The standard InChI is InChI=1S/C8H16N2/c1-5-10-6-7(2)9(4)8(10)3/h7H,3,5-6H2,1-2,4H3. The zero-order chi connectivity index (χ0) is 7.72. The summed E-state index contributed by atoms with van der Waals surface area (Å²) >= 11 is 0. The summed E-state index contributed by atoms with van der Waals surface area (Å²) in [5.41, 5.74) is 0. The summed E-state index contributed by atoms with van der Waals surface area (Å²) in [6.45, 7) is 10.6. The van der Waals surface area contributed by atoms with E-state index in [1.807, 2.05) is 0 Å². The van der Waals surface area contributed by atoms with E-state index in [1.54, 1.807) is 0 Å². The molecule has 0 bridgehead atoms. The maximum atomic E-state index is 3.99. The number of hydrogen-bond donors (Lipinski definition) is 0. The third-order valence-electron chi connectivity index (χ3n) is 2.30. The van der Waals surface area contributed by atoms with Crippen molar-refractivity contribution in [3.8, 4) is 0 Å². The molecule has 1 unspecified atom stereocenters. The number of nitrogens with zero attached hydrogens (tertiary/aromatic N) is 2. The first-order valence-corrected chi connectivity index (χ1v) is 3.83. The number of hydrogen-bond acceptors (Lipinski definition) is 2. The molecule has 1 fully saturated rings. The average molecular weight is 140 g/mol. The summed E-state index contributed by atoms with van der Waals surface area (Å²) in [7, 11) is 2.10. The number of likely N-dealkylation sites (N-methyl/N-ethyl adjacent to an activating group) is 2. The average Bonchev–Trinajstić information content (AvgIpc) is 2.17. The minimum absolute atomic E-state index is 0.632. The molecule has 0 spiro atoms. The lowest BCUT2D eigenvalue weighted by Gasteiger charge is -2.19. The van der Waals surface area contributed by atoms with Gasteiger partial charge in [0.25, 0.3) is 0 Å². The molecule has 58 valence electrons. The summed E-state index contributed by atoms with van der Waals surface area (Å²) in [6, 6.07) is 0.632. The monoisotopic (exact) mass is 140 g/mol. The second kappa shape index (κ2) is 2.52. The van der Waals surface area contributed by atoms with Gasteiger partial charge in [-0.05, 0) is 13.8 Å². The van der Waals surface area contributed by atoms with Crippen LogP contribution in [0.3, 0.4) is 0 Å². The summed E-state index contributed by atoms with van der Waals surface area (Å²) in [6.07, 6.45) is 0. The van der Waals surface area contributed by atoms with Crippen molar-refractivity contribution in [2.75, 3.05) is 20.1 Å². The van der Waals surface area contributed by atoms with E-state index >= 15 is 0 Å². The van der Waals surface area contributed by atoms with E-state index < -0.39 is 0 Å². The van der Waals surface area contributed by atoms with Gasteiger partial charge in [0.2, 0.25) is 0 Å². The van der Waals surface area contributed by atoms with Crippen LogP contribution in [-0.4, -0.2) is 36.0 Å². The molecule has 1 aliphatic heterocycles. The molecule has 1 atom stereocenters. The molecule has 0 aliphatic carbocycles. The smallest absolute Gasteiger partial charge is 0.0966 e. The second-order valence-corrected chi connectivity index (χ2v) is 2.91. The molecule has 1 rings (SSSR count). The SMILES string of the molecule is C=C1N(CC)CC(C)N1C. The quantitative estimate of drug-likeness (QED) is 0.538. The zero-order valence-electron chi connectivity index (χ0n) is 7.09. The fourth-order valence-electron chi connectivity index (χ4n) is 1.34. The molecule has 0 N–H and O–H groups in total. The van der Waals surface area contributed by atoms with Crippen molar-refractivity contribution < 1.29 is 0 Å². The maximum Gasteiger partial charge on any atom is 0.0966 e. The lowest BCUT2D eigenvalue weighted by Crippen LogP contribution is -2.21. The van der Waals surface area contributed by atoms with Gasteiger partial charge >= 0.3 is 0 Å². The molecule has 2 heteroatoms. The molecule has 2 nitrogen and oxygen atoms in total. The van der Waals surface area contributed by atoms with Gasteiger partial charge in [-0.2, -0.15) is 0 Å². The highest BCUT2D eigenvalue weighted by molar-refractivity contribution is 5.01. The lowest BCUT2D eigenvalue weighted by atomic mass is 10.3. The third kappa shape index (κ3) is 0.981. The van der Waals surface area contributed by atoms with Crippen molar-refractivity contribution in [3.05, 3.63) is 12.4 Å². The topological polar surface area (TPSA) is 6.48 Å². The molecule has 0 saturated carbocycles. The molecule has 1 heterocycles. The van der Waals surface area contributed by atoms with Gasteiger partial charge < -0.3 is 9.80 Å². The van der Waals surface area contributed by atoms with Crippen molar-refractivity contribution in [1.29, 1.82) is 0 Å². The molecule has 0 aromatic rings. The predicted molar refractivity (Wildman–Crippen MR) is 43.6 cm³/mol. The van der Waals surface area contributed by atoms with Crippen LogP contribution in [0.4, 0.5) is 0 Å². The van der Waals surface area contributed by atoms with Crippen LogP contribution in [0.1, 0.15) is 13.8 Å². The Labute approximate surface area is 63.1 Å². The van der Waals surface area contributed by atoms with Gasteiger partial charge in [-0.25, -0.2) is 0 Å². The molecule has 1 saturated heterocycles. The molecule has 0 aromatic heterocycles. The summed E-state index contributed by atoms with van der Waals surface area (Å²) in [5, 5.41) is 0. The fraction of sp³-hybridized carbons (Fsp3) is 0.750. The van der Waals surface area contributed by atoms with Crippen molar-refractivity contribution in [2.45, 2.75) is 19.9 Å². The first-order chi connectivity index (χ1) is 4.66. The highest BCUT2D eigenvalue weighted by Gasteiger charge is 2.24. The molecular formula is C8H16N2. The molecule has 0 amide bonds. The van der Waals surface area contributed by atoms with E-state index in [9.17, 15) is 0 Å². The van der Waals surface area contributed by atoms with Crippen molar-refractivity contribution in [1.82, 2.24) is 9.80 Å². The molecule has 0 aromatic carbocycles. The number of rotatable bonds is 1. The van der Waals surface area contributed by atoms with E-state index in [4.69, 9.17) is 0 Å². The maximum absolute atomic E-state index is 3.99. The van der Waals surface area contributed by atoms with E-state index in [0.717, 1.165) is 18.9 Å². The van der Waals surface area contributed by atoms with E-state index in [0.29, 0.717) is 6.04 Å². The highest BCUT2D eigenvalue weighted by atomic mass is 15.4. The van der Waals surface area contributed by atoms with Crippen molar-refractivity contribution in [3.63, 3.8) is 0 Å². The first kappa shape index (κ1) is 7.45. The van der Waals surface area contributed by atoms with Crippen LogP contribution in [-0.2, 0) is 0 Å². The van der Waals surface area contributed by atoms with Crippen LogP contribution in [0.15, 0.2) is 12.4 Å². The molecule has 0 radical (unpaired) electrons. The van der Waals surface area contributed by atoms with Crippen molar-refractivity contribution in [2.24, 2.45) is 0 Å². The molecular weight excluding hydrogens is 124 g/mol. The Morgan fingerprint density at radius 2 is 2.30 bits per heavy atom. The van der Waals surface area contributed by atoms with Crippen LogP contribution in [0.25, 0.3) is 0 Å². The van der Waals surface area contributed by atoms with Gasteiger partial charge in [0.1, 0.15) is 0 Å². The van der Waals surface area contributed by atoms with Gasteiger partial charge in [0.15, 0.2) is 0 Å². The molecule has 10 heavy (non-hydrogen) atoms. The van der Waals surface area contributed by atoms with Gasteiger partial charge in [-0.1, -0.05) is 6.58 Å². The lowest BCUT2D eigenvalue weighted by molar-refractivity contribution is 0.371. The van der Waals surface area contributed by atoms with Crippen molar-refractivity contribution >= 4 is 0 Å². The van der Waals surface area contributed by atoms with E-state index in [2.05, 4.69) is 37.3 Å². The van der Waals surface area contributed by atoms with Crippen LogP contribution in [0.5, 0.6) is 0 Å². The van der Waals surface area contributed by atoms with Crippen LogP contribution < -0.4 is 0 Å². The normalized spacial score (nSPS) is 26.3. The minimum atomic E-state index is 0.632. The summed E-state index contributed by atoms with van der Waals surface area (Å²) in [4.78, 5) is 4.52. The molecule has 1 aliphatic rings. The zero-order valence-corrected chi connectivity index (χ0v) is 7.09. The minimum Gasteiger partial charge on any atom is -0.357 e. The summed E-state index contributed by atoms with van der Waals surface area (Å²) in [5.74, 6) is 1.16. The Morgan fingerprint density at radius 1 is 1.70 bits per heavy atom. The van der Waals surface area contributed by atoms with Gasteiger partial charge in [-0.3, -0.25) is 0 Å². The predicted octanol–water partition coefficient (Wildman–Crippen LogP) is 1.11. The Hall–Kier alpha value is -0.660. The van der Waals surface area contributed by atoms with Gasteiger partial charge in [-0.15, -0.1) is 0 Å². The fourth-order valence-corrected chi connectivity index (χ4v) is 1.34. The van der Waals surface area contributed by atoms with Gasteiger partial charge in [0, 0.05) is 26.2 Å².